The maximum Gasteiger partial charge on any atom is 0.243 e. The zero-order chi connectivity index (χ0) is 15.4. The molecule has 0 saturated heterocycles. The van der Waals surface area contributed by atoms with E-state index in [1.165, 1.54) is 10.4 Å². The summed E-state index contributed by atoms with van der Waals surface area (Å²) in [4.78, 5) is 9.95. The van der Waals surface area contributed by atoms with Crippen molar-refractivity contribution in [3.63, 3.8) is 0 Å². The lowest BCUT2D eigenvalue weighted by Crippen LogP contribution is -2.18. The van der Waals surface area contributed by atoms with Crippen LogP contribution in [-0.2, 0) is 13.0 Å². The van der Waals surface area contributed by atoms with Gasteiger partial charge in [-0.25, -0.2) is 4.98 Å². The molecule has 0 bridgehead atoms. The molecular weight excluding hydrogens is 296 g/mol. The van der Waals surface area contributed by atoms with Crippen molar-refractivity contribution in [2.75, 3.05) is 0 Å². The Morgan fingerprint density at radius 2 is 2.09 bits per heavy atom. The molecule has 1 atom stereocenters. The molecule has 0 radical (unpaired) electrons. The Bertz CT molecular complexity index is 723. The van der Waals surface area contributed by atoms with E-state index in [4.69, 9.17) is 4.52 Å². The van der Waals surface area contributed by atoms with E-state index in [-0.39, 0.29) is 6.04 Å². The van der Waals surface area contributed by atoms with Gasteiger partial charge in [0, 0.05) is 17.8 Å². The summed E-state index contributed by atoms with van der Waals surface area (Å²) >= 11 is 1.65. The topological polar surface area (TPSA) is 63.8 Å². The van der Waals surface area contributed by atoms with E-state index >= 15 is 0 Å². The highest BCUT2D eigenvalue weighted by molar-refractivity contribution is 7.09. The molecule has 1 unspecified atom stereocenters. The van der Waals surface area contributed by atoms with E-state index in [1.807, 2.05) is 37.6 Å². The van der Waals surface area contributed by atoms with Crippen molar-refractivity contribution in [1.82, 2.24) is 20.4 Å². The average Bonchev–Trinajstić information content (AvgIpc) is 3.15. The first-order chi connectivity index (χ1) is 10.7. The normalized spacial score (nSPS) is 12.5. The number of thiazole rings is 1. The van der Waals surface area contributed by atoms with E-state index < -0.39 is 0 Å². The highest BCUT2D eigenvalue weighted by Crippen LogP contribution is 2.16. The molecule has 0 fully saturated rings. The van der Waals surface area contributed by atoms with Crippen LogP contribution in [0.3, 0.4) is 0 Å². The van der Waals surface area contributed by atoms with Gasteiger partial charge in [-0.1, -0.05) is 35.5 Å². The molecule has 0 saturated carbocycles. The van der Waals surface area contributed by atoms with Crippen LogP contribution >= 0.6 is 11.3 Å². The second kappa shape index (κ2) is 6.81. The molecule has 0 amide bonds. The fraction of sp³-hybridized carbons (Fsp3) is 0.312. The number of nitrogens with zero attached hydrogens (tertiary/aromatic N) is 3. The first kappa shape index (κ1) is 14.9. The van der Waals surface area contributed by atoms with Crippen LogP contribution in [0.4, 0.5) is 0 Å². The van der Waals surface area contributed by atoms with Crippen LogP contribution in [0.1, 0.15) is 40.8 Å². The quantitative estimate of drug-likeness (QED) is 0.756. The third kappa shape index (κ3) is 3.58. The van der Waals surface area contributed by atoms with Crippen LogP contribution < -0.4 is 5.32 Å². The smallest absolute Gasteiger partial charge is 0.243 e. The van der Waals surface area contributed by atoms with E-state index in [0.29, 0.717) is 18.1 Å². The zero-order valence-electron chi connectivity index (χ0n) is 12.6. The minimum absolute atomic E-state index is 0.0125. The van der Waals surface area contributed by atoms with Gasteiger partial charge in [0.15, 0.2) is 5.82 Å². The third-order valence-corrected chi connectivity index (χ3v) is 4.41. The maximum atomic E-state index is 5.36. The van der Waals surface area contributed by atoms with Crippen molar-refractivity contribution in [3.8, 4) is 0 Å². The molecule has 22 heavy (non-hydrogen) atoms. The molecule has 0 aliphatic heterocycles. The van der Waals surface area contributed by atoms with Crippen molar-refractivity contribution in [2.45, 2.75) is 32.9 Å². The molecule has 2 heterocycles. The molecule has 2 aromatic heterocycles. The summed E-state index contributed by atoms with van der Waals surface area (Å²) in [5.41, 5.74) is 4.11. The van der Waals surface area contributed by atoms with Crippen LogP contribution in [0.15, 0.2) is 40.4 Å². The van der Waals surface area contributed by atoms with Crippen LogP contribution in [0.2, 0.25) is 0 Å². The number of aryl methyl sites for hydroxylation is 1. The van der Waals surface area contributed by atoms with Gasteiger partial charge in [0.05, 0.1) is 17.2 Å². The molecule has 1 N–H and O–H groups in total. The molecule has 3 aromatic rings. The molecular formula is C16H18N4OS. The summed E-state index contributed by atoms with van der Waals surface area (Å²) in [5, 5.41) is 7.45. The molecule has 5 nitrogen and oxygen atoms in total. The summed E-state index contributed by atoms with van der Waals surface area (Å²) in [7, 11) is 0. The van der Waals surface area contributed by atoms with Crippen molar-refractivity contribution in [3.05, 3.63) is 63.7 Å². The Morgan fingerprint density at radius 3 is 2.82 bits per heavy atom. The molecule has 6 heteroatoms. The Kier molecular flexibility index (Phi) is 4.60. The predicted octanol–water partition coefficient (Wildman–Crippen LogP) is 3.28. The van der Waals surface area contributed by atoms with Gasteiger partial charge in [0.1, 0.15) is 0 Å². The van der Waals surface area contributed by atoms with Crippen molar-refractivity contribution in [1.29, 1.82) is 0 Å². The summed E-state index contributed by atoms with van der Waals surface area (Å²) in [6.07, 6.45) is 0.686. The lowest BCUT2D eigenvalue weighted by molar-refractivity contribution is 0.336. The SMILES string of the molecule is Cc1ncsc1CNC(C)c1nc(Cc2ccccc2)no1. The first-order valence-electron chi connectivity index (χ1n) is 7.21. The highest BCUT2D eigenvalue weighted by Gasteiger charge is 2.14. The van der Waals surface area contributed by atoms with Gasteiger partial charge in [-0.3, -0.25) is 0 Å². The van der Waals surface area contributed by atoms with Crippen molar-refractivity contribution >= 4 is 11.3 Å². The van der Waals surface area contributed by atoms with Gasteiger partial charge in [-0.15, -0.1) is 11.3 Å². The average molecular weight is 314 g/mol. The van der Waals surface area contributed by atoms with E-state index in [0.717, 1.165) is 12.2 Å². The van der Waals surface area contributed by atoms with Crippen molar-refractivity contribution < 1.29 is 4.52 Å². The molecule has 3 rings (SSSR count). The minimum Gasteiger partial charge on any atom is -0.338 e. The predicted molar refractivity (Wildman–Crippen MR) is 85.7 cm³/mol. The third-order valence-electron chi connectivity index (χ3n) is 3.47. The van der Waals surface area contributed by atoms with E-state index in [1.54, 1.807) is 11.3 Å². The lowest BCUT2D eigenvalue weighted by Gasteiger charge is -2.08. The standard InChI is InChI=1S/C16H18N4OS/c1-11-14(22-10-18-11)9-17-12(2)16-19-15(20-21-16)8-13-6-4-3-5-7-13/h3-7,10,12,17H,8-9H2,1-2H3. The van der Waals surface area contributed by atoms with Gasteiger partial charge in [0.25, 0.3) is 0 Å². The Labute approximate surface area is 133 Å². The number of rotatable bonds is 6. The Morgan fingerprint density at radius 1 is 1.27 bits per heavy atom. The maximum absolute atomic E-state index is 5.36. The summed E-state index contributed by atoms with van der Waals surface area (Å²) in [6, 6.07) is 10.2. The number of nitrogens with one attached hydrogen (secondary N) is 1. The monoisotopic (exact) mass is 314 g/mol. The second-order valence-electron chi connectivity index (χ2n) is 5.17. The van der Waals surface area contributed by atoms with Crippen LogP contribution in [0.25, 0.3) is 0 Å². The largest absolute Gasteiger partial charge is 0.338 e. The van der Waals surface area contributed by atoms with E-state index in [2.05, 4.69) is 32.6 Å². The van der Waals surface area contributed by atoms with Gasteiger partial charge in [0.2, 0.25) is 5.89 Å². The molecule has 0 aliphatic rings. The van der Waals surface area contributed by atoms with Crippen LogP contribution in [0.5, 0.6) is 0 Å². The van der Waals surface area contributed by atoms with Crippen LogP contribution in [0, 0.1) is 6.92 Å². The van der Waals surface area contributed by atoms with Gasteiger partial charge >= 0.3 is 0 Å². The first-order valence-corrected chi connectivity index (χ1v) is 8.09. The fourth-order valence-corrected chi connectivity index (χ4v) is 2.85. The van der Waals surface area contributed by atoms with Crippen molar-refractivity contribution in [2.24, 2.45) is 0 Å². The number of aromatic nitrogens is 3. The lowest BCUT2D eigenvalue weighted by atomic mass is 10.1. The van der Waals surface area contributed by atoms with Crippen LogP contribution in [-0.4, -0.2) is 15.1 Å². The number of hydrogen-bond donors (Lipinski definition) is 1. The fourth-order valence-electron chi connectivity index (χ4n) is 2.12. The minimum atomic E-state index is 0.0125. The van der Waals surface area contributed by atoms with Gasteiger partial charge in [-0.05, 0) is 19.4 Å². The zero-order valence-corrected chi connectivity index (χ0v) is 13.4. The highest BCUT2D eigenvalue weighted by atomic mass is 32.1. The number of hydrogen-bond acceptors (Lipinski definition) is 6. The molecule has 1 aromatic carbocycles. The molecule has 114 valence electrons. The van der Waals surface area contributed by atoms with Gasteiger partial charge in [-0.2, -0.15) is 4.98 Å². The summed E-state index contributed by atoms with van der Waals surface area (Å²) < 4.78 is 5.36. The summed E-state index contributed by atoms with van der Waals surface area (Å²) in [5.74, 6) is 1.33. The Balaban J connectivity index is 1.59. The second-order valence-corrected chi connectivity index (χ2v) is 6.11. The number of benzene rings is 1. The molecule has 0 spiro atoms. The summed E-state index contributed by atoms with van der Waals surface area (Å²) in [6.45, 7) is 4.80. The Hall–Kier alpha value is -2.05. The van der Waals surface area contributed by atoms with Gasteiger partial charge < -0.3 is 9.84 Å². The molecule has 0 aliphatic carbocycles. The van der Waals surface area contributed by atoms with E-state index in [9.17, 15) is 0 Å².